The van der Waals surface area contributed by atoms with Crippen LogP contribution in [0.3, 0.4) is 0 Å². The van der Waals surface area contributed by atoms with Crippen molar-refractivity contribution >= 4 is 29.8 Å². The van der Waals surface area contributed by atoms with Crippen LogP contribution in [0, 0.1) is 0 Å². The molecule has 1 heterocycles. The van der Waals surface area contributed by atoms with E-state index in [1.54, 1.807) is 7.11 Å². The number of hydrogen-bond acceptors (Lipinski definition) is 3. The number of amidine groups is 1. The lowest BCUT2D eigenvalue weighted by molar-refractivity contribution is 0.413. The topological polar surface area (TPSA) is 24.8 Å². The summed E-state index contributed by atoms with van der Waals surface area (Å²) in [7, 11) is 5.73. The van der Waals surface area contributed by atoms with E-state index in [2.05, 4.69) is 17.0 Å². The van der Waals surface area contributed by atoms with Crippen LogP contribution < -0.4 is 4.74 Å². The number of hydrogen-bond donors (Lipinski definition) is 0. The Morgan fingerprint density at radius 2 is 1.87 bits per heavy atom. The van der Waals surface area contributed by atoms with E-state index in [1.807, 2.05) is 44.4 Å². The van der Waals surface area contributed by atoms with E-state index in [-0.39, 0.29) is 18.4 Å². The number of nitrogens with zero attached hydrogens (tertiary/aromatic N) is 2. The lowest BCUT2D eigenvalue weighted by Crippen LogP contribution is -2.28. The van der Waals surface area contributed by atoms with Gasteiger partial charge in [-0.2, -0.15) is 0 Å². The van der Waals surface area contributed by atoms with Crippen molar-refractivity contribution in [1.29, 1.82) is 0 Å². The van der Waals surface area contributed by atoms with Gasteiger partial charge >= 0.3 is 0 Å². The minimum Gasteiger partial charge on any atom is -0.497 e. The largest absolute Gasteiger partial charge is 0.497 e. The van der Waals surface area contributed by atoms with E-state index in [0.717, 1.165) is 34.2 Å². The highest BCUT2D eigenvalue weighted by Gasteiger charge is 2.25. The van der Waals surface area contributed by atoms with Crippen molar-refractivity contribution in [3.05, 3.63) is 64.2 Å². The van der Waals surface area contributed by atoms with Crippen molar-refractivity contribution in [3.8, 4) is 5.75 Å². The molecular formula is C18H20Cl2N2O. The summed E-state index contributed by atoms with van der Waals surface area (Å²) < 4.78 is 5.38. The van der Waals surface area contributed by atoms with E-state index in [1.165, 1.54) is 5.56 Å². The molecule has 3 nitrogen and oxygen atoms in total. The van der Waals surface area contributed by atoms with Crippen LogP contribution in [0.25, 0.3) is 0 Å². The summed E-state index contributed by atoms with van der Waals surface area (Å²) >= 11 is 6.41. The van der Waals surface area contributed by atoms with E-state index in [0.29, 0.717) is 0 Å². The molecule has 1 atom stereocenters. The van der Waals surface area contributed by atoms with Gasteiger partial charge < -0.3 is 9.64 Å². The van der Waals surface area contributed by atoms with Crippen LogP contribution in [0.2, 0.25) is 5.02 Å². The molecule has 0 aromatic heterocycles. The van der Waals surface area contributed by atoms with Gasteiger partial charge in [-0.15, -0.1) is 12.4 Å². The Labute approximate surface area is 148 Å². The summed E-state index contributed by atoms with van der Waals surface area (Å²) in [6, 6.07) is 14.0. The standard InChI is InChI=1S/C18H19ClN2O.ClH/c1-21(2)17-10-12-8-9-13(22-3)11-15(12)18(20-17)14-6-4-5-7-16(14)19;/h4-9,11,18H,10H2,1-3H3;1H. The maximum atomic E-state index is 6.41. The normalized spacial score (nSPS) is 16.0. The molecule has 0 saturated heterocycles. The van der Waals surface area contributed by atoms with Gasteiger partial charge in [-0.25, -0.2) is 0 Å². The predicted octanol–water partition coefficient (Wildman–Crippen LogP) is 4.38. The minimum absolute atomic E-state index is 0. The molecule has 3 rings (SSSR count). The summed E-state index contributed by atoms with van der Waals surface area (Å²) in [6.07, 6.45) is 0.827. The fourth-order valence-electron chi connectivity index (χ4n) is 2.76. The molecule has 0 radical (unpaired) electrons. The number of methoxy groups -OCH3 is 1. The fraction of sp³-hybridized carbons (Fsp3) is 0.278. The first-order valence-corrected chi connectivity index (χ1v) is 7.63. The summed E-state index contributed by atoms with van der Waals surface area (Å²) in [5.74, 6) is 1.90. The van der Waals surface area contributed by atoms with Crippen LogP contribution >= 0.6 is 24.0 Å². The van der Waals surface area contributed by atoms with Crippen molar-refractivity contribution in [3.63, 3.8) is 0 Å². The zero-order valence-corrected chi connectivity index (χ0v) is 15.0. The first-order valence-electron chi connectivity index (χ1n) is 7.25. The summed E-state index contributed by atoms with van der Waals surface area (Å²) in [4.78, 5) is 7.00. The van der Waals surface area contributed by atoms with Gasteiger partial charge in [0.05, 0.1) is 7.11 Å². The quantitative estimate of drug-likeness (QED) is 0.802. The molecule has 1 aliphatic heterocycles. The van der Waals surface area contributed by atoms with Crippen LogP contribution in [0.1, 0.15) is 22.7 Å². The average molecular weight is 351 g/mol. The molecule has 2 aromatic rings. The predicted molar refractivity (Wildman–Crippen MR) is 98.4 cm³/mol. The van der Waals surface area contributed by atoms with Gasteiger partial charge in [-0.05, 0) is 34.9 Å². The number of fused-ring (bicyclic) bond motifs is 1. The van der Waals surface area contributed by atoms with Gasteiger partial charge in [0.1, 0.15) is 17.6 Å². The van der Waals surface area contributed by atoms with Crippen molar-refractivity contribution in [1.82, 2.24) is 4.90 Å². The molecule has 0 spiro atoms. The molecule has 23 heavy (non-hydrogen) atoms. The molecule has 2 aromatic carbocycles. The molecule has 0 bridgehead atoms. The van der Waals surface area contributed by atoms with Crippen LogP contribution in [0.5, 0.6) is 5.75 Å². The van der Waals surface area contributed by atoms with Gasteiger partial charge in [0.25, 0.3) is 0 Å². The number of rotatable bonds is 2. The second-order valence-corrected chi connectivity index (χ2v) is 6.01. The van der Waals surface area contributed by atoms with Crippen LogP contribution in [-0.4, -0.2) is 31.9 Å². The Balaban J connectivity index is 0.00000192. The first-order chi connectivity index (χ1) is 10.6. The van der Waals surface area contributed by atoms with Gasteiger partial charge in [0.2, 0.25) is 0 Å². The average Bonchev–Trinajstić information content (AvgIpc) is 2.53. The first kappa shape index (κ1) is 17.6. The lowest BCUT2D eigenvalue weighted by Gasteiger charge is -2.28. The molecule has 1 unspecified atom stereocenters. The van der Waals surface area contributed by atoms with E-state index in [4.69, 9.17) is 21.3 Å². The van der Waals surface area contributed by atoms with Gasteiger partial charge in [-0.3, -0.25) is 4.99 Å². The summed E-state index contributed by atoms with van der Waals surface area (Å²) in [6.45, 7) is 0. The maximum Gasteiger partial charge on any atom is 0.119 e. The molecule has 0 aliphatic carbocycles. The van der Waals surface area contributed by atoms with Crippen molar-refractivity contribution < 1.29 is 4.74 Å². The van der Waals surface area contributed by atoms with E-state index >= 15 is 0 Å². The highest BCUT2D eigenvalue weighted by Crippen LogP contribution is 2.38. The Morgan fingerprint density at radius 1 is 1.13 bits per heavy atom. The number of ether oxygens (including phenoxy) is 1. The number of aliphatic imine (C=N–C) groups is 1. The molecule has 122 valence electrons. The zero-order valence-electron chi connectivity index (χ0n) is 13.4. The van der Waals surface area contributed by atoms with E-state index < -0.39 is 0 Å². The monoisotopic (exact) mass is 350 g/mol. The molecule has 0 amide bonds. The summed E-state index contributed by atoms with van der Waals surface area (Å²) in [5, 5.41) is 0.741. The van der Waals surface area contributed by atoms with Crippen molar-refractivity contribution in [2.45, 2.75) is 12.5 Å². The van der Waals surface area contributed by atoms with Crippen LogP contribution in [-0.2, 0) is 6.42 Å². The highest BCUT2D eigenvalue weighted by atomic mass is 35.5. The van der Waals surface area contributed by atoms with Gasteiger partial charge in [0, 0.05) is 25.5 Å². The Kier molecular flexibility index (Phi) is 5.55. The van der Waals surface area contributed by atoms with Gasteiger partial charge in [0.15, 0.2) is 0 Å². The highest BCUT2D eigenvalue weighted by molar-refractivity contribution is 6.31. The van der Waals surface area contributed by atoms with Gasteiger partial charge in [-0.1, -0.05) is 35.9 Å². The second kappa shape index (κ2) is 7.24. The van der Waals surface area contributed by atoms with E-state index in [9.17, 15) is 0 Å². The SMILES string of the molecule is COc1ccc2c(c1)C(c1ccccc1Cl)N=C(N(C)C)C2.Cl. The molecular weight excluding hydrogens is 331 g/mol. The molecule has 1 aliphatic rings. The summed E-state index contributed by atoms with van der Waals surface area (Å²) in [5.41, 5.74) is 3.46. The van der Waals surface area contributed by atoms with Crippen LogP contribution in [0.15, 0.2) is 47.5 Å². The zero-order chi connectivity index (χ0) is 15.7. The lowest BCUT2D eigenvalue weighted by atomic mass is 9.90. The number of benzene rings is 2. The number of halogens is 2. The molecule has 0 saturated carbocycles. The minimum atomic E-state index is -0.0926. The molecule has 5 heteroatoms. The second-order valence-electron chi connectivity index (χ2n) is 5.61. The Bertz CT molecular complexity index is 729. The Morgan fingerprint density at radius 3 is 2.52 bits per heavy atom. The third kappa shape index (κ3) is 3.46. The molecule has 0 N–H and O–H groups in total. The van der Waals surface area contributed by atoms with Crippen molar-refractivity contribution in [2.24, 2.45) is 4.99 Å². The smallest absolute Gasteiger partial charge is 0.119 e. The maximum absolute atomic E-state index is 6.41. The number of likely N-dealkylation sites (N-methyl/N-ethyl adjacent to an activating group) is 1. The Hall–Kier alpha value is -1.71. The molecule has 0 fully saturated rings. The third-order valence-electron chi connectivity index (χ3n) is 3.99. The van der Waals surface area contributed by atoms with Crippen molar-refractivity contribution in [2.75, 3.05) is 21.2 Å². The van der Waals surface area contributed by atoms with Crippen LogP contribution in [0.4, 0.5) is 0 Å². The third-order valence-corrected chi connectivity index (χ3v) is 4.33. The fourth-order valence-corrected chi connectivity index (χ4v) is 3.00.